The van der Waals surface area contributed by atoms with Crippen molar-refractivity contribution in [3.05, 3.63) is 58.9 Å². The van der Waals surface area contributed by atoms with E-state index >= 15 is 0 Å². The molecule has 0 unspecified atom stereocenters. The Bertz CT molecular complexity index is 563. The van der Waals surface area contributed by atoms with Crippen LogP contribution in [0.3, 0.4) is 0 Å². The molecule has 0 N–H and O–H groups in total. The summed E-state index contributed by atoms with van der Waals surface area (Å²) in [4.78, 5) is 4.95. The zero-order valence-corrected chi connectivity index (χ0v) is 10.5. The molecule has 2 aromatic rings. The maximum Gasteiger partial charge on any atom is 0.141 e. The number of nitriles is 1. The van der Waals surface area contributed by atoms with Gasteiger partial charge in [-0.2, -0.15) is 5.26 Å². The number of aromatic nitrogens is 1. The average Bonchev–Trinajstić information content (AvgIpc) is 2.38. The van der Waals surface area contributed by atoms with Crippen LogP contribution in [0.5, 0.6) is 0 Å². The van der Waals surface area contributed by atoms with Crippen molar-refractivity contribution in [1.29, 1.82) is 5.26 Å². The molecule has 84 valence electrons. The molecule has 4 heteroatoms. The Morgan fingerprint density at radius 2 is 2.12 bits per heavy atom. The Morgan fingerprint density at radius 3 is 2.88 bits per heavy atom. The summed E-state index contributed by atoms with van der Waals surface area (Å²) in [5.74, 6) is 0.786. The van der Waals surface area contributed by atoms with Crippen molar-refractivity contribution in [3.8, 4) is 6.07 Å². The van der Waals surface area contributed by atoms with Gasteiger partial charge in [0.25, 0.3) is 0 Å². The van der Waals surface area contributed by atoms with Crippen molar-refractivity contribution in [2.75, 3.05) is 0 Å². The Kier molecular flexibility index (Phi) is 4.03. The largest absolute Gasteiger partial charge is 0.245 e. The fourth-order valence-corrected chi connectivity index (χ4v) is 2.55. The molecule has 0 bridgehead atoms. The fourth-order valence-electron chi connectivity index (χ4n) is 1.34. The van der Waals surface area contributed by atoms with Gasteiger partial charge in [-0.15, -0.1) is 11.8 Å². The van der Waals surface area contributed by atoms with Crippen molar-refractivity contribution in [3.63, 3.8) is 0 Å². The van der Waals surface area contributed by atoms with Crippen molar-refractivity contribution >= 4 is 23.4 Å². The lowest BCUT2D eigenvalue weighted by Gasteiger charge is -2.03. The molecule has 0 aliphatic carbocycles. The molecule has 2 rings (SSSR count). The van der Waals surface area contributed by atoms with E-state index in [1.165, 1.54) is 0 Å². The second kappa shape index (κ2) is 5.72. The normalized spacial score (nSPS) is 9.88. The summed E-state index contributed by atoms with van der Waals surface area (Å²) in [6.07, 6.45) is 1.65. The van der Waals surface area contributed by atoms with Gasteiger partial charge in [-0.25, -0.2) is 4.98 Å². The molecule has 1 aromatic heterocycles. The van der Waals surface area contributed by atoms with Crippen LogP contribution in [0.1, 0.15) is 11.3 Å². The Balaban J connectivity index is 2.08. The molecule has 0 aliphatic heterocycles. The van der Waals surface area contributed by atoms with Gasteiger partial charge in [-0.3, -0.25) is 0 Å². The van der Waals surface area contributed by atoms with E-state index in [0.29, 0.717) is 5.69 Å². The molecule has 0 amide bonds. The molecule has 2 nitrogen and oxygen atoms in total. The minimum Gasteiger partial charge on any atom is -0.245 e. The summed E-state index contributed by atoms with van der Waals surface area (Å²) in [6, 6.07) is 13.5. The predicted octanol–water partition coefficient (Wildman–Crippen LogP) is 3.90. The topological polar surface area (TPSA) is 36.7 Å². The number of benzene rings is 1. The number of nitrogens with zero attached hydrogens (tertiary/aromatic N) is 2. The highest BCUT2D eigenvalue weighted by atomic mass is 35.5. The van der Waals surface area contributed by atoms with Crippen LogP contribution < -0.4 is 0 Å². The number of halogens is 1. The van der Waals surface area contributed by atoms with Gasteiger partial charge in [0.2, 0.25) is 0 Å². The summed E-state index contributed by atoms with van der Waals surface area (Å²) in [7, 11) is 0. The monoisotopic (exact) mass is 260 g/mol. The first-order chi connectivity index (χ1) is 8.29. The van der Waals surface area contributed by atoms with Crippen LogP contribution in [0.25, 0.3) is 0 Å². The summed E-state index contributed by atoms with van der Waals surface area (Å²) >= 11 is 7.71. The lowest BCUT2D eigenvalue weighted by Crippen LogP contribution is -1.84. The summed E-state index contributed by atoms with van der Waals surface area (Å²) in [5.41, 5.74) is 1.53. The van der Waals surface area contributed by atoms with Crippen LogP contribution >= 0.6 is 23.4 Å². The van der Waals surface area contributed by atoms with E-state index in [0.717, 1.165) is 21.2 Å². The summed E-state index contributed by atoms with van der Waals surface area (Å²) in [5, 5.41) is 9.52. The van der Waals surface area contributed by atoms with Crippen molar-refractivity contribution in [2.24, 2.45) is 0 Å². The quantitative estimate of drug-likeness (QED) is 0.786. The van der Waals surface area contributed by atoms with Crippen LogP contribution in [0.4, 0.5) is 0 Å². The molecule has 0 fully saturated rings. The molecule has 1 aromatic carbocycles. The van der Waals surface area contributed by atoms with E-state index in [9.17, 15) is 0 Å². The maximum absolute atomic E-state index is 8.75. The second-order valence-corrected chi connectivity index (χ2v) is 4.82. The molecule has 0 spiro atoms. The fraction of sp³-hybridized carbons (Fsp3) is 0.0769. The van der Waals surface area contributed by atoms with E-state index in [1.54, 1.807) is 24.0 Å². The Hall–Kier alpha value is -1.50. The number of hydrogen-bond acceptors (Lipinski definition) is 3. The molecule has 0 aliphatic rings. The Morgan fingerprint density at radius 1 is 1.29 bits per heavy atom. The lowest BCUT2D eigenvalue weighted by molar-refractivity contribution is 1.21. The van der Waals surface area contributed by atoms with E-state index in [1.807, 2.05) is 36.4 Å². The predicted molar refractivity (Wildman–Crippen MR) is 70.0 cm³/mol. The van der Waals surface area contributed by atoms with Crippen LogP contribution in [0.15, 0.2) is 47.5 Å². The van der Waals surface area contributed by atoms with Crippen molar-refractivity contribution < 1.29 is 0 Å². The minimum atomic E-state index is 0.439. The number of pyridine rings is 1. The molecule has 0 saturated carbocycles. The smallest absolute Gasteiger partial charge is 0.141 e. The molecule has 17 heavy (non-hydrogen) atoms. The first-order valence-corrected chi connectivity index (χ1v) is 6.38. The van der Waals surface area contributed by atoms with Crippen LogP contribution in [-0.2, 0) is 5.75 Å². The maximum atomic E-state index is 8.75. The van der Waals surface area contributed by atoms with Gasteiger partial charge in [0.15, 0.2) is 0 Å². The van der Waals surface area contributed by atoms with Crippen molar-refractivity contribution in [2.45, 2.75) is 10.6 Å². The van der Waals surface area contributed by atoms with E-state index in [4.69, 9.17) is 16.9 Å². The number of thioether (sulfide) groups is 1. The van der Waals surface area contributed by atoms with Gasteiger partial charge < -0.3 is 0 Å². The molecule has 0 saturated heterocycles. The molecular weight excluding hydrogens is 252 g/mol. The van der Waals surface area contributed by atoms with E-state index in [2.05, 4.69) is 4.98 Å². The number of hydrogen-bond donors (Lipinski definition) is 0. The molecule has 1 heterocycles. The van der Waals surface area contributed by atoms with Gasteiger partial charge in [-0.05, 0) is 23.8 Å². The standard InChI is InChI=1S/C13H9ClN2S/c14-13-4-2-1-3-10(13)9-17-12-5-6-16-11(7-12)8-15/h1-7H,9H2. The third-order valence-electron chi connectivity index (χ3n) is 2.20. The van der Waals surface area contributed by atoms with Gasteiger partial charge in [-0.1, -0.05) is 29.8 Å². The Labute approximate surface area is 109 Å². The highest BCUT2D eigenvalue weighted by Crippen LogP contribution is 2.26. The van der Waals surface area contributed by atoms with Gasteiger partial charge in [0.1, 0.15) is 11.8 Å². The second-order valence-electron chi connectivity index (χ2n) is 3.37. The molecule has 0 radical (unpaired) electrons. The van der Waals surface area contributed by atoms with Crippen LogP contribution in [0.2, 0.25) is 5.02 Å². The zero-order chi connectivity index (χ0) is 12.1. The first-order valence-electron chi connectivity index (χ1n) is 5.02. The molecular formula is C13H9ClN2S. The van der Waals surface area contributed by atoms with E-state index in [-0.39, 0.29) is 0 Å². The SMILES string of the molecule is N#Cc1cc(SCc2ccccc2Cl)ccn1. The van der Waals surface area contributed by atoms with E-state index < -0.39 is 0 Å². The average molecular weight is 261 g/mol. The summed E-state index contributed by atoms with van der Waals surface area (Å²) in [6.45, 7) is 0. The highest BCUT2D eigenvalue weighted by molar-refractivity contribution is 7.98. The highest BCUT2D eigenvalue weighted by Gasteiger charge is 2.01. The summed E-state index contributed by atoms with van der Waals surface area (Å²) < 4.78 is 0. The van der Waals surface area contributed by atoms with Crippen molar-refractivity contribution in [1.82, 2.24) is 4.98 Å². The minimum absolute atomic E-state index is 0.439. The van der Waals surface area contributed by atoms with Crippen LogP contribution in [0, 0.1) is 11.3 Å². The zero-order valence-electron chi connectivity index (χ0n) is 8.93. The third kappa shape index (κ3) is 3.23. The molecule has 0 atom stereocenters. The lowest BCUT2D eigenvalue weighted by atomic mass is 10.2. The van der Waals surface area contributed by atoms with Crippen LogP contribution in [-0.4, -0.2) is 4.98 Å². The van der Waals surface area contributed by atoms with Gasteiger partial charge in [0, 0.05) is 21.9 Å². The first kappa shape index (κ1) is 12.0. The number of rotatable bonds is 3. The van der Waals surface area contributed by atoms with Gasteiger partial charge in [0.05, 0.1) is 0 Å². The third-order valence-corrected chi connectivity index (χ3v) is 3.61. The van der Waals surface area contributed by atoms with Gasteiger partial charge >= 0.3 is 0 Å².